The molecule has 0 saturated carbocycles. The van der Waals surface area contributed by atoms with Crippen molar-refractivity contribution in [2.75, 3.05) is 19.8 Å². The van der Waals surface area contributed by atoms with E-state index in [9.17, 15) is 8.42 Å². The maximum atomic E-state index is 12.2. The van der Waals surface area contributed by atoms with Crippen LogP contribution in [0.2, 0.25) is 0 Å². The topological polar surface area (TPSA) is 81.2 Å². The lowest BCUT2D eigenvalue weighted by Gasteiger charge is -2.13. The van der Waals surface area contributed by atoms with Crippen molar-refractivity contribution in [2.45, 2.75) is 13.3 Å². The van der Waals surface area contributed by atoms with Crippen LogP contribution < -0.4 is 5.73 Å². The van der Waals surface area contributed by atoms with Crippen LogP contribution in [-0.2, 0) is 16.6 Å². The summed E-state index contributed by atoms with van der Waals surface area (Å²) >= 11 is 0. The summed E-state index contributed by atoms with van der Waals surface area (Å²) in [7, 11) is -0.729. The summed E-state index contributed by atoms with van der Waals surface area (Å²) in [6, 6.07) is 5.47. The van der Waals surface area contributed by atoms with Crippen molar-refractivity contribution < 1.29 is 8.42 Å². The number of aryl methyl sites for hydroxylation is 1. The quantitative estimate of drug-likeness (QED) is 0.894. The van der Waals surface area contributed by atoms with Crippen LogP contribution >= 0.6 is 0 Å². The SMILES string of the molecule is CCc1ccc2c(c1)nc(N)n2S(=O)(=O)N(C)C. The number of aromatic nitrogens is 2. The molecule has 2 aromatic rings. The van der Waals surface area contributed by atoms with E-state index in [1.165, 1.54) is 14.1 Å². The number of nitrogens with two attached hydrogens (primary N) is 1. The number of rotatable bonds is 3. The molecule has 0 saturated heterocycles. The fourth-order valence-corrected chi connectivity index (χ4v) is 2.75. The Balaban J connectivity index is 2.77. The van der Waals surface area contributed by atoms with Gasteiger partial charge in [0.05, 0.1) is 11.0 Å². The first-order valence-electron chi connectivity index (χ1n) is 5.57. The smallest absolute Gasteiger partial charge is 0.310 e. The maximum Gasteiger partial charge on any atom is 0.310 e. The van der Waals surface area contributed by atoms with Gasteiger partial charge in [0.1, 0.15) is 0 Å². The number of benzene rings is 1. The first kappa shape index (κ1) is 12.8. The normalized spacial score (nSPS) is 12.4. The van der Waals surface area contributed by atoms with Gasteiger partial charge in [-0.25, -0.2) is 4.98 Å². The molecule has 0 aliphatic heterocycles. The highest BCUT2D eigenvalue weighted by molar-refractivity contribution is 7.87. The number of nitrogens with zero attached hydrogens (tertiary/aromatic N) is 3. The molecule has 0 spiro atoms. The molecule has 0 radical (unpaired) electrons. The van der Waals surface area contributed by atoms with E-state index in [0.29, 0.717) is 11.0 Å². The maximum absolute atomic E-state index is 12.2. The zero-order valence-corrected chi connectivity index (χ0v) is 11.4. The van der Waals surface area contributed by atoms with Gasteiger partial charge in [0.25, 0.3) is 0 Å². The summed E-state index contributed by atoms with van der Waals surface area (Å²) < 4.78 is 26.5. The molecular formula is C11H16N4O2S. The second-order valence-corrected chi connectivity index (χ2v) is 6.19. The summed E-state index contributed by atoms with van der Waals surface area (Å²) in [6.45, 7) is 2.03. The summed E-state index contributed by atoms with van der Waals surface area (Å²) in [5, 5.41) is 0. The second-order valence-electron chi connectivity index (χ2n) is 4.20. The van der Waals surface area contributed by atoms with E-state index in [1.54, 1.807) is 6.07 Å². The number of hydrogen-bond donors (Lipinski definition) is 1. The molecule has 0 fully saturated rings. The molecule has 0 atom stereocenters. The Kier molecular flexibility index (Phi) is 3.04. The summed E-state index contributed by atoms with van der Waals surface area (Å²) in [5.74, 6) is -0.0213. The fourth-order valence-electron chi connectivity index (χ4n) is 1.75. The Morgan fingerprint density at radius 3 is 2.61 bits per heavy atom. The van der Waals surface area contributed by atoms with E-state index >= 15 is 0 Å². The van der Waals surface area contributed by atoms with Crippen molar-refractivity contribution in [3.8, 4) is 0 Å². The Morgan fingerprint density at radius 2 is 2.06 bits per heavy atom. The third kappa shape index (κ3) is 1.85. The van der Waals surface area contributed by atoms with Crippen molar-refractivity contribution >= 4 is 27.2 Å². The fraction of sp³-hybridized carbons (Fsp3) is 0.364. The predicted octanol–water partition coefficient (Wildman–Crippen LogP) is 0.835. The minimum atomic E-state index is -3.65. The van der Waals surface area contributed by atoms with E-state index in [-0.39, 0.29) is 5.95 Å². The van der Waals surface area contributed by atoms with Gasteiger partial charge in [0.15, 0.2) is 0 Å². The largest absolute Gasteiger partial charge is 0.368 e. The van der Waals surface area contributed by atoms with Gasteiger partial charge < -0.3 is 5.73 Å². The van der Waals surface area contributed by atoms with Crippen LogP contribution in [0.3, 0.4) is 0 Å². The lowest BCUT2D eigenvalue weighted by atomic mass is 10.1. The van der Waals surface area contributed by atoms with Crippen molar-refractivity contribution in [2.24, 2.45) is 0 Å². The van der Waals surface area contributed by atoms with Crippen LogP contribution in [0.4, 0.5) is 5.95 Å². The average Bonchev–Trinajstić information content (AvgIpc) is 2.63. The van der Waals surface area contributed by atoms with Crippen LogP contribution in [0.15, 0.2) is 18.2 Å². The van der Waals surface area contributed by atoms with E-state index < -0.39 is 10.2 Å². The molecule has 7 heteroatoms. The summed E-state index contributed by atoms with van der Waals surface area (Å²) in [5.41, 5.74) is 7.90. The highest BCUT2D eigenvalue weighted by atomic mass is 32.2. The highest BCUT2D eigenvalue weighted by Crippen LogP contribution is 2.22. The number of fused-ring (bicyclic) bond motifs is 1. The van der Waals surface area contributed by atoms with Crippen LogP contribution in [0.5, 0.6) is 0 Å². The zero-order valence-electron chi connectivity index (χ0n) is 10.6. The van der Waals surface area contributed by atoms with Gasteiger partial charge >= 0.3 is 10.2 Å². The van der Waals surface area contributed by atoms with Crippen LogP contribution in [-0.4, -0.2) is 35.8 Å². The molecule has 6 nitrogen and oxygen atoms in total. The molecular weight excluding hydrogens is 252 g/mol. The third-order valence-corrected chi connectivity index (χ3v) is 4.57. The minimum absolute atomic E-state index is 0.0213. The summed E-state index contributed by atoms with van der Waals surface area (Å²) in [4.78, 5) is 4.11. The molecule has 2 N–H and O–H groups in total. The number of imidazole rings is 1. The van der Waals surface area contributed by atoms with Crippen molar-refractivity contribution in [1.82, 2.24) is 13.3 Å². The van der Waals surface area contributed by atoms with Crippen molar-refractivity contribution in [3.63, 3.8) is 0 Å². The van der Waals surface area contributed by atoms with E-state index in [0.717, 1.165) is 20.3 Å². The minimum Gasteiger partial charge on any atom is -0.368 e. The monoisotopic (exact) mass is 268 g/mol. The highest BCUT2D eigenvalue weighted by Gasteiger charge is 2.22. The Labute approximate surface area is 106 Å². The lowest BCUT2D eigenvalue weighted by molar-refractivity contribution is 0.513. The standard InChI is InChI=1S/C11H16N4O2S/c1-4-8-5-6-10-9(7-8)13-11(12)15(10)18(16,17)14(2)3/h5-7H,4H2,1-3H3,(H2,12,13). The molecule has 18 heavy (non-hydrogen) atoms. The number of nitrogen functional groups attached to an aromatic ring is 1. The van der Waals surface area contributed by atoms with E-state index in [2.05, 4.69) is 4.98 Å². The van der Waals surface area contributed by atoms with Crippen molar-refractivity contribution in [3.05, 3.63) is 23.8 Å². The molecule has 1 aromatic carbocycles. The molecule has 1 aromatic heterocycles. The lowest BCUT2D eigenvalue weighted by Crippen LogP contribution is -2.29. The second kappa shape index (κ2) is 4.25. The van der Waals surface area contributed by atoms with Crippen LogP contribution in [0, 0.1) is 0 Å². The Morgan fingerprint density at radius 1 is 1.39 bits per heavy atom. The van der Waals surface area contributed by atoms with Gasteiger partial charge in [-0.1, -0.05) is 13.0 Å². The molecule has 98 valence electrons. The molecule has 2 rings (SSSR count). The number of anilines is 1. The van der Waals surface area contributed by atoms with E-state index in [4.69, 9.17) is 5.73 Å². The average molecular weight is 268 g/mol. The molecule has 0 amide bonds. The van der Waals surface area contributed by atoms with E-state index in [1.807, 2.05) is 19.1 Å². The van der Waals surface area contributed by atoms with Gasteiger partial charge in [0, 0.05) is 14.1 Å². The van der Waals surface area contributed by atoms with Crippen LogP contribution in [0.25, 0.3) is 11.0 Å². The van der Waals surface area contributed by atoms with Gasteiger partial charge in [-0.3, -0.25) is 0 Å². The predicted molar refractivity (Wildman–Crippen MR) is 71.5 cm³/mol. The Bertz CT molecular complexity index is 688. The molecule has 1 heterocycles. The zero-order chi connectivity index (χ0) is 13.5. The first-order valence-corrected chi connectivity index (χ1v) is 6.97. The van der Waals surface area contributed by atoms with Gasteiger partial charge in [-0.05, 0) is 24.1 Å². The van der Waals surface area contributed by atoms with Crippen molar-refractivity contribution in [1.29, 1.82) is 0 Å². The summed E-state index contributed by atoms with van der Waals surface area (Å²) in [6.07, 6.45) is 0.864. The molecule has 0 unspecified atom stereocenters. The Hall–Kier alpha value is -1.60. The molecule has 0 bridgehead atoms. The van der Waals surface area contributed by atoms with Crippen LogP contribution in [0.1, 0.15) is 12.5 Å². The van der Waals surface area contributed by atoms with Gasteiger partial charge in [0.2, 0.25) is 5.95 Å². The third-order valence-electron chi connectivity index (χ3n) is 2.80. The molecule has 0 aliphatic carbocycles. The van der Waals surface area contributed by atoms with Gasteiger partial charge in [-0.15, -0.1) is 0 Å². The van der Waals surface area contributed by atoms with Gasteiger partial charge in [-0.2, -0.15) is 16.7 Å². The molecule has 0 aliphatic rings. The number of hydrogen-bond acceptors (Lipinski definition) is 4. The first-order chi connectivity index (χ1) is 8.37.